The summed E-state index contributed by atoms with van der Waals surface area (Å²) in [6.07, 6.45) is 1.98. The van der Waals surface area contributed by atoms with Crippen LogP contribution in [0.2, 0.25) is 0 Å². The van der Waals surface area contributed by atoms with Gasteiger partial charge < -0.3 is 15.0 Å². The first kappa shape index (κ1) is 18.0. The van der Waals surface area contributed by atoms with Crippen molar-refractivity contribution in [2.24, 2.45) is 0 Å². The van der Waals surface area contributed by atoms with Crippen LogP contribution < -0.4 is 15.5 Å². The van der Waals surface area contributed by atoms with E-state index in [9.17, 15) is 4.79 Å². The first-order chi connectivity index (χ1) is 12.4. The van der Waals surface area contributed by atoms with E-state index in [4.69, 9.17) is 4.74 Å². The molecule has 1 saturated heterocycles. The summed E-state index contributed by atoms with van der Waals surface area (Å²) in [5.74, 6) is 0.947. The van der Waals surface area contributed by atoms with Crippen LogP contribution in [0.25, 0.3) is 0 Å². The van der Waals surface area contributed by atoms with Gasteiger partial charge in [-0.3, -0.25) is 5.32 Å². The summed E-state index contributed by atoms with van der Waals surface area (Å²) in [4.78, 5) is 14.1. The molecule has 0 atom stereocenters. The largest absolute Gasteiger partial charge is 0.444 e. The molecule has 1 amide bonds. The normalized spacial score (nSPS) is 14.2. The first-order valence-corrected chi connectivity index (χ1v) is 8.85. The fourth-order valence-corrected chi connectivity index (χ4v) is 2.75. The molecule has 26 heavy (non-hydrogen) atoms. The Morgan fingerprint density at radius 1 is 1.00 bits per heavy atom. The zero-order valence-electron chi connectivity index (χ0n) is 15.5. The molecule has 2 N–H and O–H groups in total. The van der Waals surface area contributed by atoms with E-state index in [0.717, 1.165) is 18.8 Å². The number of aromatic nitrogens is 2. The predicted octanol–water partition coefficient (Wildman–Crippen LogP) is 4.17. The van der Waals surface area contributed by atoms with Crippen LogP contribution in [-0.4, -0.2) is 35.0 Å². The van der Waals surface area contributed by atoms with Crippen LogP contribution in [0, 0.1) is 0 Å². The van der Waals surface area contributed by atoms with Crippen molar-refractivity contribution in [3.63, 3.8) is 0 Å². The van der Waals surface area contributed by atoms with Crippen molar-refractivity contribution >= 4 is 29.1 Å². The van der Waals surface area contributed by atoms with Crippen LogP contribution in [0.1, 0.15) is 33.6 Å². The van der Waals surface area contributed by atoms with Crippen molar-refractivity contribution in [1.29, 1.82) is 0 Å². The Balaban J connectivity index is 1.56. The van der Waals surface area contributed by atoms with Crippen LogP contribution in [0.3, 0.4) is 0 Å². The van der Waals surface area contributed by atoms with Crippen molar-refractivity contribution < 1.29 is 9.53 Å². The van der Waals surface area contributed by atoms with Gasteiger partial charge in [0.15, 0.2) is 11.6 Å². The molecule has 1 aromatic carbocycles. The predicted molar refractivity (Wildman–Crippen MR) is 103 cm³/mol. The Morgan fingerprint density at radius 3 is 2.19 bits per heavy atom. The van der Waals surface area contributed by atoms with Gasteiger partial charge in [0.2, 0.25) is 0 Å². The summed E-state index contributed by atoms with van der Waals surface area (Å²) in [6.45, 7) is 7.68. The van der Waals surface area contributed by atoms with Gasteiger partial charge in [-0.2, -0.15) is 0 Å². The number of anilines is 4. The van der Waals surface area contributed by atoms with Crippen LogP contribution in [0.5, 0.6) is 0 Å². The van der Waals surface area contributed by atoms with E-state index in [-0.39, 0.29) is 0 Å². The summed E-state index contributed by atoms with van der Waals surface area (Å²) < 4.78 is 5.18. The number of carbonyl (C=O) groups is 1. The van der Waals surface area contributed by atoms with Crippen LogP contribution in [0.15, 0.2) is 36.4 Å². The Hall–Kier alpha value is -2.83. The number of benzene rings is 1. The van der Waals surface area contributed by atoms with Crippen molar-refractivity contribution in [3.05, 3.63) is 36.4 Å². The molecule has 2 heterocycles. The van der Waals surface area contributed by atoms with E-state index in [0.29, 0.717) is 11.6 Å². The van der Waals surface area contributed by atoms with Crippen molar-refractivity contribution in [3.8, 4) is 0 Å². The number of rotatable bonds is 4. The topological polar surface area (TPSA) is 79.4 Å². The maximum Gasteiger partial charge on any atom is 0.413 e. The first-order valence-electron chi connectivity index (χ1n) is 8.85. The molecule has 3 rings (SSSR count). The highest BCUT2D eigenvalue weighted by molar-refractivity contribution is 5.83. The molecule has 0 bridgehead atoms. The molecule has 1 aliphatic heterocycles. The van der Waals surface area contributed by atoms with Crippen LogP contribution in [-0.2, 0) is 4.74 Å². The minimum absolute atomic E-state index is 0.342. The highest BCUT2D eigenvalue weighted by Crippen LogP contribution is 2.23. The van der Waals surface area contributed by atoms with Crippen molar-refractivity contribution in [2.75, 3.05) is 28.6 Å². The molecule has 1 fully saturated rings. The molecule has 0 unspecified atom stereocenters. The minimum Gasteiger partial charge on any atom is -0.444 e. The molecular weight excluding hydrogens is 330 g/mol. The smallest absolute Gasteiger partial charge is 0.413 e. The van der Waals surface area contributed by atoms with Gasteiger partial charge in [-0.05, 0) is 70.0 Å². The van der Waals surface area contributed by atoms with Gasteiger partial charge in [0.1, 0.15) is 5.60 Å². The maximum atomic E-state index is 11.7. The molecular formula is C19H25N5O2. The number of carbonyl (C=O) groups excluding carboxylic acids is 1. The van der Waals surface area contributed by atoms with Gasteiger partial charge >= 0.3 is 6.09 Å². The molecule has 0 spiro atoms. The Kier molecular flexibility index (Phi) is 5.25. The number of hydrogen-bond acceptors (Lipinski definition) is 6. The standard InChI is InChI=1S/C19H25N5O2/c1-19(2,3)26-18(25)21-17-11-10-16(22-23-17)20-14-6-8-15(9-7-14)24-12-4-5-13-24/h6-11H,4-5,12-13H2,1-3H3,(H,20,22)(H,21,23,25). The zero-order valence-corrected chi connectivity index (χ0v) is 15.5. The number of amides is 1. The Labute approximate surface area is 153 Å². The summed E-state index contributed by atoms with van der Waals surface area (Å²) in [5.41, 5.74) is 1.63. The molecule has 1 aromatic heterocycles. The second kappa shape index (κ2) is 7.59. The molecule has 7 nitrogen and oxygen atoms in total. The lowest BCUT2D eigenvalue weighted by Gasteiger charge is -2.19. The van der Waals surface area contributed by atoms with E-state index < -0.39 is 11.7 Å². The molecule has 138 valence electrons. The molecule has 0 saturated carbocycles. The van der Waals surface area contributed by atoms with Crippen molar-refractivity contribution in [2.45, 2.75) is 39.2 Å². The fourth-order valence-electron chi connectivity index (χ4n) is 2.75. The Bertz CT molecular complexity index is 732. The molecule has 7 heteroatoms. The van der Waals surface area contributed by atoms with Crippen molar-refractivity contribution in [1.82, 2.24) is 10.2 Å². The monoisotopic (exact) mass is 355 g/mol. The average molecular weight is 355 g/mol. The van der Waals surface area contributed by atoms with E-state index in [1.54, 1.807) is 32.9 Å². The van der Waals surface area contributed by atoms with Gasteiger partial charge in [0.25, 0.3) is 0 Å². The van der Waals surface area contributed by atoms with E-state index >= 15 is 0 Å². The minimum atomic E-state index is -0.555. The van der Waals surface area contributed by atoms with Gasteiger partial charge in [-0.1, -0.05) is 0 Å². The van der Waals surface area contributed by atoms with E-state index in [1.165, 1.54) is 18.5 Å². The third-order valence-electron chi connectivity index (χ3n) is 3.90. The van der Waals surface area contributed by atoms with Gasteiger partial charge in [-0.15, -0.1) is 10.2 Å². The lowest BCUT2D eigenvalue weighted by Crippen LogP contribution is -2.27. The second-order valence-electron chi connectivity index (χ2n) is 7.30. The summed E-state index contributed by atoms with van der Waals surface area (Å²) in [6, 6.07) is 11.7. The Morgan fingerprint density at radius 2 is 1.62 bits per heavy atom. The van der Waals surface area contributed by atoms with E-state index in [1.807, 2.05) is 12.1 Å². The third kappa shape index (κ3) is 5.08. The molecule has 2 aromatic rings. The summed E-state index contributed by atoms with van der Waals surface area (Å²) in [7, 11) is 0. The molecule has 0 aliphatic carbocycles. The number of nitrogens with one attached hydrogen (secondary N) is 2. The second-order valence-corrected chi connectivity index (χ2v) is 7.30. The van der Waals surface area contributed by atoms with Crippen LogP contribution >= 0.6 is 0 Å². The van der Waals surface area contributed by atoms with Gasteiger partial charge in [-0.25, -0.2) is 4.79 Å². The third-order valence-corrected chi connectivity index (χ3v) is 3.90. The lowest BCUT2D eigenvalue weighted by molar-refractivity contribution is 0.0635. The summed E-state index contributed by atoms with van der Waals surface area (Å²) in [5, 5.41) is 13.8. The maximum absolute atomic E-state index is 11.7. The molecule has 1 aliphatic rings. The SMILES string of the molecule is CC(C)(C)OC(=O)Nc1ccc(Nc2ccc(N3CCCC3)cc2)nn1. The molecule has 0 radical (unpaired) electrons. The van der Waals surface area contributed by atoms with Gasteiger partial charge in [0, 0.05) is 24.5 Å². The highest BCUT2D eigenvalue weighted by Gasteiger charge is 2.16. The number of hydrogen-bond donors (Lipinski definition) is 2. The number of ether oxygens (including phenoxy) is 1. The number of nitrogens with zero attached hydrogens (tertiary/aromatic N) is 3. The average Bonchev–Trinajstić information content (AvgIpc) is 3.10. The van der Waals surface area contributed by atoms with E-state index in [2.05, 4.69) is 37.9 Å². The van der Waals surface area contributed by atoms with Crippen LogP contribution in [0.4, 0.5) is 27.8 Å². The lowest BCUT2D eigenvalue weighted by atomic mass is 10.2. The fraction of sp³-hybridized carbons (Fsp3) is 0.421. The van der Waals surface area contributed by atoms with Gasteiger partial charge in [0.05, 0.1) is 0 Å². The quantitative estimate of drug-likeness (QED) is 0.857. The summed E-state index contributed by atoms with van der Waals surface area (Å²) >= 11 is 0. The highest BCUT2D eigenvalue weighted by atomic mass is 16.6. The zero-order chi connectivity index (χ0) is 18.6.